The summed E-state index contributed by atoms with van der Waals surface area (Å²) in [6.45, 7) is 0. The Morgan fingerprint density at radius 2 is 1.80 bits per heavy atom. The fraction of sp³-hybridized carbons (Fsp3) is 0.500. The van der Waals surface area contributed by atoms with E-state index in [9.17, 15) is 14.4 Å². The van der Waals surface area contributed by atoms with E-state index in [4.69, 9.17) is 0 Å². The van der Waals surface area contributed by atoms with Crippen LogP contribution >= 0.6 is 0 Å². The van der Waals surface area contributed by atoms with Gasteiger partial charge in [-0.3, -0.25) is 9.59 Å². The number of hydrazone groups is 1. The molecule has 0 aliphatic carbocycles. The lowest BCUT2D eigenvalue weighted by atomic mass is 10.2. The molecule has 0 aliphatic heterocycles. The van der Waals surface area contributed by atoms with Crippen LogP contribution in [0.1, 0.15) is 6.42 Å². The number of nitrogens with one attached hydrogen (secondary N) is 1. The molecule has 0 amide bonds. The zero-order chi connectivity index (χ0) is 11.8. The van der Waals surface area contributed by atoms with Crippen molar-refractivity contribution in [2.24, 2.45) is 5.10 Å². The quantitative estimate of drug-likeness (QED) is 0.270. The third-order valence-corrected chi connectivity index (χ3v) is 1.40. The summed E-state index contributed by atoms with van der Waals surface area (Å²) in [7, 11) is 3.66. The van der Waals surface area contributed by atoms with E-state index < -0.39 is 29.9 Å². The van der Waals surface area contributed by atoms with Crippen LogP contribution in [0.5, 0.6) is 0 Å². The molecule has 0 aromatic heterocycles. The van der Waals surface area contributed by atoms with Gasteiger partial charge in [-0.15, -0.1) is 0 Å². The molecule has 7 nitrogen and oxygen atoms in total. The number of hydrogen-bond donors (Lipinski definition) is 1. The van der Waals surface area contributed by atoms with Crippen LogP contribution in [-0.2, 0) is 23.9 Å². The second-order valence-electron chi connectivity index (χ2n) is 2.35. The number of esters is 2. The van der Waals surface area contributed by atoms with Gasteiger partial charge in [-0.2, -0.15) is 5.10 Å². The summed E-state index contributed by atoms with van der Waals surface area (Å²) < 4.78 is 8.59. The van der Waals surface area contributed by atoms with Crippen molar-refractivity contribution in [3.8, 4) is 0 Å². The minimum Gasteiger partial charge on any atom is -0.469 e. The molecule has 0 heterocycles. The van der Waals surface area contributed by atoms with Gasteiger partial charge in [-0.25, -0.2) is 4.79 Å². The molecule has 0 spiro atoms. The highest BCUT2D eigenvalue weighted by atomic mass is 16.5. The van der Waals surface area contributed by atoms with Gasteiger partial charge in [0.05, 0.1) is 14.2 Å². The Hall–Kier alpha value is -1.92. The highest BCUT2D eigenvalue weighted by molar-refractivity contribution is 6.65. The number of carbonyl (C=O) groups excluding carboxylic acids is 3. The Balaban J connectivity index is 4.65. The van der Waals surface area contributed by atoms with Gasteiger partial charge in [0.15, 0.2) is 0 Å². The van der Waals surface area contributed by atoms with Crippen LogP contribution in [0.2, 0.25) is 0 Å². The average Bonchev–Trinajstić information content (AvgIpc) is 2.24. The van der Waals surface area contributed by atoms with Crippen molar-refractivity contribution in [2.75, 3.05) is 21.3 Å². The number of carbonyl (C=O) groups is 3. The predicted octanol–water partition coefficient (Wildman–Crippen LogP) is -1.13. The smallest absolute Gasteiger partial charge is 0.362 e. The topological polar surface area (TPSA) is 94.1 Å². The molecule has 0 saturated heterocycles. The van der Waals surface area contributed by atoms with Crippen LogP contribution in [-0.4, -0.2) is 44.7 Å². The number of nitrogens with zero attached hydrogens (tertiary/aromatic N) is 1. The summed E-state index contributed by atoms with van der Waals surface area (Å²) in [4.78, 5) is 33.1. The van der Waals surface area contributed by atoms with Crippen LogP contribution in [0.4, 0.5) is 0 Å². The maximum atomic E-state index is 11.3. The highest BCUT2D eigenvalue weighted by Crippen LogP contribution is 1.93. The third-order valence-electron chi connectivity index (χ3n) is 1.40. The molecule has 0 saturated carbocycles. The first-order valence-corrected chi connectivity index (χ1v) is 3.99. The molecule has 0 radical (unpaired) electrons. The van der Waals surface area contributed by atoms with Crippen molar-refractivity contribution in [1.82, 2.24) is 5.43 Å². The molecule has 0 atom stereocenters. The van der Waals surface area contributed by atoms with E-state index in [2.05, 4.69) is 20.0 Å². The van der Waals surface area contributed by atoms with Gasteiger partial charge in [-0.05, 0) is 0 Å². The number of methoxy groups -OCH3 is 2. The van der Waals surface area contributed by atoms with Crippen LogP contribution in [0.15, 0.2) is 5.10 Å². The van der Waals surface area contributed by atoms with Gasteiger partial charge in [0.2, 0.25) is 11.5 Å². The Morgan fingerprint density at radius 3 is 2.20 bits per heavy atom. The SMILES string of the molecule is CN/N=C(\C(=O)CC(=O)OC)C(=O)OC. The van der Waals surface area contributed by atoms with Gasteiger partial charge < -0.3 is 14.9 Å². The molecule has 0 aromatic rings. The molecule has 84 valence electrons. The number of Topliss-reactive ketones (excluding diaryl/α,β-unsaturated/α-hetero) is 1. The molecule has 0 bridgehead atoms. The molecule has 7 heteroatoms. The monoisotopic (exact) mass is 216 g/mol. The molecule has 0 aromatic carbocycles. The van der Waals surface area contributed by atoms with E-state index in [-0.39, 0.29) is 0 Å². The number of ether oxygens (including phenoxy) is 2. The third kappa shape index (κ3) is 4.21. The molecule has 0 aliphatic rings. The molecule has 0 rings (SSSR count). The molecule has 0 fully saturated rings. The van der Waals surface area contributed by atoms with E-state index in [1.807, 2.05) is 0 Å². The molecular weight excluding hydrogens is 204 g/mol. The second kappa shape index (κ2) is 6.52. The van der Waals surface area contributed by atoms with Crippen LogP contribution in [0, 0.1) is 0 Å². The van der Waals surface area contributed by atoms with Gasteiger partial charge in [0, 0.05) is 7.05 Å². The average molecular weight is 216 g/mol. The zero-order valence-corrected chi connectivity index (χ0v) is 8.70. The lowest BCUT2D eigenvalue weighted by Gasteiger charge is -2.02. The lowest BCUT2D eigenvalue weighted by molar-refractivity contribution is -0.142. The summed E-state index contributed by atoms with van der Waals surface area (Å²) in [5, 5.41) is 3.42. The highest BCUT2D eigenvalue weighted by Gasteiger charge is 2.23. The molecule has 0 unspecified atom stereocenters. The van der Waals surface area contributed by atoms with Crippen LogP contribution in [0.3, 0.4) is 0 Å². The Labute approximate surface area is 86.4 Å². The Bertz CT molecular complexity index is 297. The number of ketones is 1. The van der Waals surface area contributed by atoms with E-state index in [1.54, 1.807) is 0 Å². The fourth-order valence-corrected chi connectivity index (χ4v) is 0.717. The minimum absolute atomic E-state index is 0.467. The van der Waals surface area contributed by atoms with Crippen molar-refractivity contribution in [1.29, 1.82) is 0 Å². The summed E-state index contributed by atoms with van der Waals surface area (Å²) in [6.07, 6.45) is -0.549. The van der Waals surface area contributed by atoms with E-state index in [0.29, 0.717) is 0 Å². The van der Waals surface area contributed by atoms with E-state index in [0.717, 1.165) is 14.2 Å². The summed E-state index contributed by atoms with van der Waals surface area (Å²) >= 11 is 0. The van der Waals surface area contributed by atoms with Crippen molar-refractivity contribution >= 4 is 23.4 Å². The number of hydrogen-bond acceptors (Lipinski definition) is 7. The Kier molecular flexibility index (Phi) is 5.69. The number of rotatable bonds is 5. The van der Waals surface area contributed by atoms with Crippen LogP contribution in [0.25, 0.3) is 0 Å². The maximum Gasteiger partial charge on any atom is 0.362 e. The first kappa shape index (κ1) is 13.1. The second-order valence-corrected chi connectivity index (χ2v) is 2.35. The normalized spacial score (nSPS) is 10.5. The first-order chi connectivity index (χ1) is 7.06. The van der Waals surface area contributed by atoms with Crippen LogP contribution < -0.4 is 5.43 Å². The first-order valence-electron chi connectivity index (χ1n) is 3.99. The molecule has 1 N–H and O–H groups in total. The summed E-state index contributed by atoms with van der Waals surface area (Å²) in [5.41, 5.74) is 1.80. The zero-order valence-electron chi connectivity index (χ0n) is 8.70. The lowest BCUT2D eigenvalue weighted by Crippen LogP contribution is -2.29. The minimum atomic E-state index is -0.904. The Morgan fingerprint density at radius 1 is 1.20 bits per heavy atom. The van der Waals surface area contributed by atoms with E-state index in [1.165, 1.54) is 7.05 Å². The van der Waals surface area contributed by atoms with E-state index >= 15 is 0 Å². The van der Waals surface area contributed by atoms with Gasteiger partial charge in [0.1, 0.15) is 6.42 Å². The maximum absolute atomic E-state index is 11.3. The van der Waals surface area contributed by atoms with Crippen molar-refractivity contribution in [2.45, 2.75) is 6.42 Å². The largest absolute Gasteiger partial charge is 0.469 e. The summed E-state index contributed by atoms with van der Waals surface area (Å²) in [6, 6.07) is 0. The van der Waals surface area contributed by atoms with Gasteiger partial charge in [0.25, 0.3) is 0 Å². The summed E-state index contributed by atoms with van der Waals surface area (Å²) in [5.74, 6) is -2.41. The van der Waals surface area contributed by atoms with Crippen molar-refractivity contribution in [3.05, 3.63) is 0 Å². The van der Waals surface area contributed by atoms with Gasteiger partial charge in [-0.1, -0.05) is 0 Å². The predicted molar refractivity (Wildman–Crippen MR) is 50.2 cm³/mol. The fourth-order valence-electron chi connectivity index (χ4n) is 0.717. The van der Waals surface area contributed by atoms with Crippen molar-refractivity contribution in [3.63, 3.8) is 0 Å². The molecular formula is C8H12N2O5. The molecule has 15 heavy (non-hydrogen) atoms. The van der Waals surface area contributed by atoms with Crippen molar-refractivity contribution < 1.29 is 23.9 Å². The van der Waals surface area contributed by atoms with Gasteiger partial charge >= 0.3 is 11.9 Å². The standard InChI is InChI=1S/C8H12N2O5/c1-9-10-7(8(13)15-3)5(11)4-6(12)14-2/h9H,4H2,1-3H3/b10-7+.